The highest BCUT2D eigenvalue weighted by Crippen LogP contribution is 2.13. The second kappa shape index (κ2) is 9.81. The molecule has 1 N–H and O–H groups in total. The van der Waals surface area contributed by atoms with Gasteiger partial charge < -0.3 is 14.9 Å². The van der Waals surface area contributed by atoms with Gasteiger partial charge in [0, 0.05) is 33.1 Å². The fourth-order valence-electron chi connectivity index (χ4n) is 2.41. The molecule has 138 valence electrons. The first-order chi connectivity index (χ1) is 11.7. The zero-order chi connectivity index (χ0) is 19.0. The number of carbonyl (C=O) groups is 3. The molecule has 25 heavy (non-hydrogen) atoms. The molecule has 0 bridgehead atoms. The molecule has 0 saturated heterocycles. The van der Waals surface area contributed by atoms with Crippen LogP contribution in [-0.2, 0) is 16.0 Å². The molecule has 0 aromatic heterocycles. The molecule has 2 amide bonds. The van der Waals surface area contributed by atoms with E-state index < -0.39 is 12.0 Å². The Hall–Kier alpha value is -2.37. The van der Waals surface area contributed by atoms with Crippen LogP contribution in [0.1, 0.15) is 48.5 Å². The number of carboxylic acid groups (broad SMARTS) is 1. The molecular formula is C19H28N2O4. The van der Waals surface area contributed by atoms with Crippen LogP contribution >= 0.6 is 0 Å². The quantitative estimate of drug-likeness (QED) is 0.695. The van der Waals surface area contributed by atoms with Gasteiger partial charge in [0.1, 0.15) is 6.04 Å². The Balaban J connectivity index is 2.53. The maximum Gasteiger partial charge on any atom is 0.326 e. The van der Waals surface area contributed by atoms with E-state index in [1.54, 1.807) is 25.1 Å². The van der Waals surface area contributed by atoms with E-state index in [1.165, 1.54) is 18.9 Å². The second-order valence-electron chi connectivity index (χ2n) is 6.48. The van der Waals surface area contributed by atoms with E-state index in [-0.39, 0.29) is 11.8 Å². The van der Waals surface area contributed by atoms with Crippen LogP contribution in [0, 0.1) is 0 Å². The monoisotopic (exact) mass is 348 g/mol. The lowest BCUT2D eigenvalue weighted by atomic mass is 10.0. The largest absolute Gasteiger partial charge is 0.480 e. The first kappa shape index (κ1) is 20.7. The highest BCUT2D eigenvalue weighted by molar-refractivity contribution is 5.96. The van der Waals surface area contributed by atoms with Crippen molar-refractivity contribution in [1.29, 1.82) is 0 Å². The zero-order valence-corrected chi connectivity index (χ0v) is 15.5. The van der Waals surface area contributed by atoms with Crippen molar-refractivity contribution in [2.24, 2.45) is 0 Å². The van der Waals surface area contributed by atoms with Crippen LogP contribution in [0.15, 0.2) is 24.3 Å². The van der Waals surface area contributed by atoms with Gasteiger partial charge in [-0.2, -0.15) is 0 Å². The third-order valence-electron chi connectivity index (χ3n) is 4.29. The van der Waals surface area contributed by atoms with E-state index in [2.05, 4.69) is 0 Å². The van der Waals surface area contributed by atoms with Crippen molar-refractivity contribution in [3.05, 3.63) is 35.4 Å². The summed E-state index contributed by atoms with van der Waals surface area (Å²) >= 11 is 0. The summed E-state index contributed by atoms with van der Waals surface area (Å²) in [5.41, 5.74) is 1.54. The number of likely N-dealkylation sites (N-methyl/N-ethyl adjacent to an activating group) is 1. The Morgan fingerprint density at radius 3 is 2.36 bits per heavy atom. The molecule has 1 rings (SSSR count). The highest BCUT2D eigenvalue weighted by atomic mass is 16.4. The summed E-state index contributed by atoms with van der Waals surface area (Å²) < 4.78 is 0. The molecule has 0 unspecified atom stereocenters. The van der Waals surface area contributed by atoms with Crippen LogP contribution in [0.3, 0.4) is 0 Å². The number of hydrogen-bond donors (Lipinski definition) is 1. The number of nitrogens with zero attached hydrogens (tertiary/aromatic N) is 2. The van der Waals surface area contributed by atoms with Crippen molar-refractivity contribution in [3.8, 4) is 0 Å². The van der Waals surface area contributed by atoms with Crippen molar-refractivity contribution in [3.63, 3.8) is 0 Å². The number of amides is 2. The summed E-state index contributed by atoms with van der Waals surface area (Å²) in [4.78, 5) is 37.7. The van der Waals surface area contributed by atoms with Gasteiger partial charge in [-0.3, -0.25) is 9.59 Å². The Morgan fingerprint density at radius 2 is 1.76 bits per heavy atom. The normalized spacial score (nSPS) is 11.7. The molecule has 0 heterocycles. The molecule has 6 heteroatoms. The van der Waals surface area contributed by atoms with E-state index in [1.807, 2.05) is 18.2 Å². The lowest BCUT2D eigenvalue weighted by Crippen LogP contribution is -2.40. The van der Waals surface area contributed by atoms with Crippen LogP contribution in [0.5, 0.6) is 0 Å². The maximum absolute atomic E-state index is 12.4. The standard InChI is InChI=1S/C19H28N2O4/c1-14(19(24)25)21(4)18(23)16-11-8-10-15(13-16)9-6-5-7-12-17(22)20(2)3/h8,10-11,13-14H,5-7,9,12H2,1-4H3,(H,24,25)/t14-/m0/s1. The van der Waals surface area contributed by atoms with Crippen molar-refractivity contribution in [1.82, 2.24) is 9.80 Å². The Bertz CT molecular complexity index is 613. The van der Waals surface area contributed by atoms with Crippen LogP contribution < -0.4 is 0 Å². The number of aliphatic carboxylic acids is 1. The van der Waals surface area contributed by atoms with Gasteiger partial charge in [0.05, 0.1) is 0 Å². The molecule has 0 spiro atoms. The number of hydrogen-bond acceptors (Lipinski definition) is 3. The molecule has 0 radical (unpaired) electrons. The molecule has 1 atom stereocenters. The van der Waals surface area contributed by atoms with Gasteiger partial charge in [-0.05, 0) is 43.9 Å². The van der Waals surface area contributed by atoms with Crippen LogP contribution in [0.4, 0.5) is 0 Å². The van der Waals surface area contributed by atoms with Gasteiger partial charge in [0.25, 0.3) is 5.91 Å². The summed E-state index contributed by atoms with van der Waals surface area (Å²) in [6, 6.07) is 6.43. The zero-order valence-electron chi connectivity index (χ0n) is 15.5. The van der Waals surface area contributed by atoms with Crippen LogP contribution in [0.25, 0.3) is 0 Å². The van der Waals surface area contributed by atoms with Gasteiger partial charge in [0.2, 0.25) is 5.91 Å². The van der Waals surface area contributed by atoms with Crippen LogP contribution in [0.2, 0.25) is 0 Å². The molecule has 1 aromatic rings. The number of aryl methyl sites for hydroxylation is 1. The SMILES string of the molecule is C[C@@H](C(=O)O)N(C)C(=O)c1cccc(CCCCCC(=O)N(C)C)c1. The summed E-state index contributed by atoms with van der Waals surface area (Å²) in [7, 11) is 5.01. The maximum atomic E-state index is 12.4. The molecule has 1 aromatic carbocycles. The van der Waals surface area contributed by atoms with E-state index >= 15 is 0 Å². The van der Waals surface area contributed by atoms with Gasteiger partial charge in [-0.1, -0.05) is 18.6 Å². The molecule has 6 nitrogen and oxygen atoms in total. The Morgan fingerprint density at radius 1 is 1.08 bits per heavy atom. The second-order valence-corrected chi connectivity index (χ2v) is 6.48. The van der Waals surface area contributed by atoms with Gasteiger partial charge in [-0.15, -0.1) is 0 Å². The average molecular weight is 348 g/mol. The van der Waals surface area contributed by atoms with Gasteiger partial charge in [0.15, 0.2) is 0 Å². The average Bonchev–Trinajstić information content (AvgIpc) is 2.59. The predicted octanol–water partition coefficient (Wildman–Crippen LogP) is 2.42. The van der Waals surface area contributed by atoms with Crippen molar-refractivity contribution in [2.45, 2.75) is 45.1 Å². The number of unbranched alkanes of at least 4 members (excludes halogenated alkanes) is 2. The van der Waals surface area contributed by atoms with Crippen molar-refractivity contribution >= 4 is 17.8 Å². The summed E-state index contributed by atoms with van der Waals surface area (Å²) in [6.45, 7) is 1.49. The summed E-state index contributed by atoms with van der Waals surface area (Å²) in [5, 5.41) is 9.02. The van der Waals surface area contributed by atoms with Gasteiger partial charge >= 0.3 is 5.97 Å². The minimum atomic E-state index is -1.03. The summed E-state index contributed by atoms with van der Waals surface area (Å²) in [5.74, 6) is -1.18. The predicted molar refractivity (Wildman–Crippen MR) is 96.5 cm³/mol. The van der Waals surface area contributed by atoms with E-state index in [4.69, 9.17) is 5.11 Å². The third-order valence-corrected chi connectivity index (χ3v) is 4.29. The van der Waals surface area contributed by atoms with Gasteiger partial charge in [-0.25, -0.2) is 4.79 Å². The molecule has 0 fully saturated rings. The Kier molecular flexibility index (Phi) is 8.11. The molecular weight excluding hydrogens is 320 g/mol. The van der Waals surface area contributed by atoms with E-state index in [0.717, 1.165) is 31.2 Å². The van der Waals surface area contributed by atoms with Crippen molar-refractivity contribution in [2.75, 3.05) is 21.1 Å². The Labute approximate surface area is 149 Å². The first-order valence-electron chi connectivity index (χ1n) is 8.53. The first-order valence-corrected chi connectivity index (χ1v) is 8.53. The number of rotatable bonds is 9. The summed E-state index contributed by atoms with van der Waals surface area (Å²) in [6.07, 6.45) is 4.14. The van der Waals surface area contributed by atoms with E-state index in [0.29, 0.717) is 12.0 Å². The fraction of sp³-hybridized carbons (Fsp3) is 0.526. The number of carbonyl (C=O) groups excluding carboxylic acids is 2. The lowest BCUT2D eigenvalue weighted by Gasteiger charge is -2.21. The molecule has 0 aliphatic rings. The minimum absolute atomic E-state index is 0.142. The smallest absolute Gasteiger partial charge is 0.326 e. The topological polar surface area (TPSA) is 77.9 Å². The van der Waals surface area contributed by atoms with Crippen LogP contribution in [-0.4, -0.2) is 59.9 Å². The fourth-order valence-corrected chi connectivity index (χ4v) is 2.41. The minimum Gasteiger partial charge on any atom is -0.480 e. The lowest BCUT2D eigenvalue weighted by molar-refractivity contribution is -0.141. The highest BCUT2D eigenvalue weighted by Gasteiger charge is 2.22. The number of benzene rings is 1. The van der Waals surface area contributed by atoms with Crippen molar-refractivity contribution < 1.29 is 19.5 Å². The third kappa shape index (κ3) is 6.57. The molecule has 0 aliphatic carbocycles. The number of carboxylic acids is 1. The molecule has 0 aliphatic heterocycles. The van der Waals surface area contributed by atoms with E-state index in [9.17, 15) is 14.4 Å². The molecule has 0 saturated carbocycles.